The molecular weight excluding hydrogens is 298 g/mol. The fourth-order valence-electron chi connectivity index (χ4n) is 0.977. The molecule has 0 aliphatic carbocycles. The molecule has 4 N–H and O–H groups in total. The van der Waals surface area contributed by atoms with Crippen LogP contribution in [0.2, 0.25) is 0 Å². The second kappa shape index (κ2) is 6.06. The van der Waals surface area contributed by atoms with Gasteiger partial charge in [0, 0.05) is 0 Å². The van der Waals surface area contributed by atoms with E-state index in [4.69, 9.17) is 5.73 Å². The number of rotatable bonds is 6. The number of alkyl halides is 5. The largest absolute Gasteiger partial charge is 0.459 e. The maximum absolute atomic E-state index is 13.0. The topological polar surface area (TPSA) is 87.6 Å². The van der Waals surface area contributed by atoms with Gasteiger partial charge in [-0.15, -0.1) is 0 Å². The fourth-order valence-corrected chi connectivity index (χ4v) is 2.45. The zero-order valence-electron chi connectivity index (χ0n) is 10.1. The second-order valence-corrected chi connectivity index (χ2v) is 5.20. The van der Waals surface area contributed by atoms with Crippen molar-refractivity contribution in [2.24, 2.45) is 11.5 Å². The molecular formula is C8H14F5N2O3P. The summed E-state index contributed by atoms with van der Waals surface area (Å²) < 4.78 is 83.3. The lowest BCUT2D eigenvalue weighted by Gasteiger charge is -2.24. The maximum Gasteiger partial charge on any atom is 0.459 e. The van der Waals surface area contributed by atoms with Gasteiger partial charge >= 0.3 is 19.7 Å². The van der Waals surface area contributed by atoms with Crippen molar-refractivity contribution >= 4 is 7.60 Å². The van der Waals surface area contributed by atoms with Gasteiger partial charge in [-0.25, -0.2) is 0 Å². The molecule has 0 bridgehead atoms. The summed E-state index contributed by atoms with van der Waals surface area (Å²) in [5, 5.41) is 0. The normalized spacial score (nSPS) is 15.3. The van der Waals surface area contributed by atoms with E-state index in [0.29, 0.717) is 0 Å². The van der Waals surface area contributed by atoms with E-state index in [1.54, 1.807) is 0 Å². The van der Waals surface area contributed by atoms with Gasteiger partial charge in [-0.05, 0) is 13.8 Å². The van der Waals surface area contributed by atoms with E-state index in [-0.39, 0.29) is 13.2 Å². The Hall–Kier alpha value is -0.860. The molecule has 0 radical (unpaired) electrons. The van der Waals surface area contributed by atoms with Crippen LogP contribution in [0.5, 0.6) is 0 Å². The number of halogens is 5. The van der Waals surface area contributed by atoms with Crippen LogP contribution in [-0.2, 0) is 13.6 Å². The molecule has 5 nitrogen and oxygen atoms in total. The summed E-state index contributed by atoms with van der Waals surface area (Å²) in [6.45, 7) is 2.11. The summed E-state index contributed by atoms with van der Waals surface area (Å²) in [5.41, 5.74) is 6.15. The molecule has 0 spiro atoms. The van der Waals surface area contributed by atoms with Crippen LogP contribution >= 0.6 is 7.60 Å². The van der Waals surface area contributed by atoms with Crippen molar-refractivity contribution in [1.82, 2.24) is 0 Å². The Bertz CT molecular complexity index is 386. The zero-order chi connectivity index (χ0) is 15.5. The summed E-state index contributed by atoms with van der Waals surface area (Å²) in [4.78, 5) is 0. The van der Waals surface area contributed by atoms with Crippen molar-refractivity contribution in [2.45, 2.75) is 25.9 Å². The monoisotopic (exact) mass is 312 g/mol. The van der Waals surface area contributed by atoms with Gasteiger partial charge < -0.3 is 20.5 Å². The lowest BCUT2D eigenvalue weighted by atomic mass is 10.2. The van der Waals surface area contributed by atoms with Gasteiger partial charge in [-0.2, -0.15) is 22.0 Å². The van der Waals surface area contributed by atoms with Crippen LogP contribution in [0, 0.1) is 0 Å². The van der Waals surface area contributed by atoms with Gasteiger partial charge in [-0.1, -0.05) is 0 Å². The highest BCUT2D eigenvalue weighted by Crippen LogP contribution is 2.56. The third-order valence-corrected chi connectivity index (χ3v) is 3.89. The molecule has 0 aromatic carbocycles. The zero-order valence-corrected chi connectivity index (χ0v) is 11.0. The van der Waals surface area contributed by atoms with Crippen molar-refractivity contribution in [2.75, 3.05) is 13.2 Å². The Kier molecular flexibility index (Phi) is 5.79. The Morgan fingerprint density at radius 2 is 1.42 bits per heavy atom. The van der Waals surface area contributed by atoms with Crippen molar-refractivity contribution in [1.29, 1.82) is 0 Å². The van der Waals surface area contributed by atoms with Gasteiger partial charge in [0.2, 0.25) is 0 Å². The van der Waals surface area contributed by atoms with Crippen LogP contribution in [0.25, 0.3) is 0 Å². The van der Waals surface area contributed by atoms with Crippen LogP contribution < -0.4 is 11.5 Å². The summed E-state index contributed by atoms with van der Waals surface area (Å²) in [5.74, 6) is -5.43. The first-order chi connectivity index (χ1) is 8.44. The van der Waals surface area contributed by atoms with Crippen molar-refractivity contribution in [3.05, 3.63) is 11.1 Å². The van der Waals surface area contributed by atoms with Crippen LogP contribution in [0.3, 0.4) is 0 Å². The molecule has 0 rings (SSSR count). The van der Waals surface area contributed by atoms with E-state index in [9.17, 15) is 26.5 Å². The molecule has 19 heavy (non-hydrogen) atoms. The SMILES string of the molecule is CCOP(=O)(OCC)/C(N)=C(\N)C(F)(F)C(F)(F)F. The lowest BCUT2D eigenvalue weighted by molar-refractivity contribution is -0.264. The van der Waals surface area contributed by atoms with Gasteiger partial charge in [0.1, 0.15) is 11.1 Å². The minimum absolute atomic E-state index is 0.275. The van der Waals surface area contributed by atoms with E-state index in [1.165, 1.54) is 13.8 Å². The highest BCUT2D eigenvalue weighted by atomic mass is 31.2. The van der Waals surface area contributed by atoms with Crippen LogP contribution in [0.15, 0.2) is 11.1 Å². The minimum atomic E-state index is -5.97. The molecule has 0 aliphatic rings. The van der Waals surface area contributed by atoms with E-state index in [1.807, 2.05) is 0 Å². The van der Waals surface area contributed by atoms with Crippen LogP contribution in [0.4, 0.5) is 22.0 Å². The number of hydrogen-bond acceptors (Lipinski definition) is 5. The molecule has 0 fully saturated rings. The minimum Gasteiger partial charge on any atom is -0.395 e. The van der Waals surface area contributed by atoms with Gasteiger partial charge in [0.15, 0.2) is 0 Å². The quantitative estimate of drug-likeness (QED) is 0.581. The van der Waals surface area contributed by atoms with E-state index in [0.717, 1.165) is 0 Å². The molecule has 114 valence electrons. The highest BCUT2D eigenvalue weighted by Gasteiger charge is 2.61. The Labute approximate surface area is 106 Å². The van der Waals surface area contributed by atoms with Gasteiger partial charge in [-0.3, -0.25) is 4.57 Å². The molecule has 0 atom stereocenters. The average Bonchev–Trinajstić information content (AvgIpc) is 2.26. The molecule has 0 amide bonds. The standard InChI is InChI=1S/C8H14F5N2O3P/c1-3-17-19(16,18-4-2)6(15)5(14)7(9,10)8(11,12)13/h3-4,14-15H2,1-2H3/b6-5-. The second-order valence-electron chi connectivity index (χ2n) is 3.20. The maximum atomic E-state index is 13.0. The summed E-state index contributed by atoms with van der Waals surface area (Å²) >= 11 is 0. The third-order valence-electron chi connectivity index (χ3n) is 1.86. The fraction of sp³-hybridized carbons (Fsp3) is 0.750. The predicted octanol–water partition coefficient (Wildman–Crippen LogP) is 2.54. The Balaban J connectivity index is 5.73. The summed E-state index contributed by atoms with van der Waals surface area (Å²) in [7, 11) is -4.48. The van der Waals surface area contributed by atoms with Crippen LogP contribution in [0.1, 0.15) is 13.8 Å². The number of nitrogens with two attached hydrogens (primary N) is 2. The van der Waals surface area contributed by atoms with E-state index >= 15 is 0 Å². The average molecular weight is 312 g/mol. The first kappa shape index (κ1) is 18.1. The predicted molar refractivity (Wildman–Crippen MR) is 57.3 cm³/mol. The molecule has 11 heteroatoms. The van der Waals surface area contributed by atoms with Crippen molar-refractivity contribution < 1.29 is 35.6 Å². The summed E-state index contributed by atoms with van der Waals surface area (Å²) in [6, 6.07) is 0. The molecule has 0 aromatic heterocycles. The molecule has 0 saturated heterocycles. The summed E-state index contributed by atoms with van der Waals surface area (Å²) in [6.07, 6.45) is -5.97. The number of allylic oxidation sites excluding steroid dienone is 1. The van der Waals surface area contributed by atoms with E-state index < -0.39 is 30.8 Å². The molecule has 0 unspecified atom stereocenters. The van der Waals surface area contributed by atoms with Crippen molar-refractivity contribution in [3.8, 4) is 0 Å². The smallest absolute Gasteiger partial charge is 0.395 e. The highest BCUT2D eigenvalue weighted by molar-refractivity contribution is 7.58. The molecule has 0 aromatic rings. The first-order valence-corrected chi connectivity index (χ1v) is 6.58. The molecule has 0 heterocycles. The Morgan fingerprint density at radius 1 is 1.05 bits per heavy atom. The van der Waals surface area contributed by atoms with Gasteiger partial charge in [0.25, 0.3) is 0 Å². The van der Waals surface area contributed by atoms with Gasteiger partial charge in [0.05, 0.1) is 13.2 Å². The first-order valence-electron chi connectivity index (χ1n) is 5.04. The lowest BCUT2D eigenvalue weighted by Crippen LogP contribution is -2.43. The van der Waals surface area contributed by atoms with E-state index in [2.05, 4.69) is 14.8 Å². The molecule has 0 saturated carbocycles. The third kappa shape index (κ3) is 3.80. The number of hydrogen-bond donors (Lipinski definition) is 2. The van der Waals surface area contributed by atoms with Crippen LogP contribution in [-0.4, -0.2) is 25.3 Å². The molecule has 0 aliphatic heterocycles. The Morgan fingerprint density at radius 3 is 1.68 bits per heavy atom. The van der Waals surface area contributed by atoms with Crippen molar-refractivity contribution in [3.63, 3.8) is 0 Å².